The van der Waals surface area contributed by atoms with Crippen molar-refractivity contribution in [3.63, 3.8) is 0 Å². The fourth-order valence-corrected chi connectivity index (χ4v) is 1.75. The Labute approximate surface area is 110 Å². The highest BCUT2D eigenvalue weighted by atomic mass is 16.5. The molecule has 0 bridgehead atoms. The van der Waals surface area contributed by atoms with Gasteiger partial charge in [-0.3, -0.25) is 0 Å². The first-order chi connectivity index (χ1) is 8.63. The molecular weight excluding hydrogens is 226 g/mol. The second-order valence-electron chi connectivity index (χ2n) is 4.99. The summed E-state index contributed by atoms with van der Waals surface area (Å²) < 4.78 is 10.7. The van der Waals surface area contributed by atoms with Crippen LogP contribution in [0.2, 0.25) is 0 Å². The third-order valence-electron chi connectivity index (χ3n) is 2.91. The maximum atomic E-state index is 6.06. The van der Waals surface area contributed by atoms with Gasteiger partial charge in [0.05, 0.1) is 19.8 Å². The summed E-state index contributed by atoms with van der Waals surface area (Å²) in [6, 6.07) is 7.76. The predicted molar refractivity (Wildman–Crippen MR) is 74.8 cm³/mol. The summed E-state index contributed by atoms with van der Waals surface area (Å²) in [7, 11) is 1.66. The van der Waals surface area contributed by atoms with Crippen LogP contribution in [-0.2, 0) is 4.74 Å². The normalized spacial score (nSPS) is 12.7. The van der Waals surface area contributed by atoms with E-state index in [1.165, 1.54) is 6.42 Å². The lowest BCUT2D eigenvalue weighted by atomic mass is 10.1. The Bertz CT molecular complexity index is 322. The molecule has 0 heterocycles. The fourth-order valence-electron chi connectivity index (χ4n) is 1.75. The molecular formula is C15H25NO2. The zero-order valence-corrected chi connectivity index (χ0v) is 11.7. The van der Waals surface area contributed by atoms with Crippen molar-refractivity contribution in [2.45, 2.75) is 32.7 Å². The minimum atomic E-state index is -0.0602. The molecule has 1 rings (SSSR count). The first-order valence-electron chi connectivity index (χ1n) is 6.60. The number of ether oxygens (including phenoxy) is 2. The molecule has 0 saturated heterocycles. The van der Waals surface area contributed by atoms with Gasteiger partial charge < -0.3 is 15.2 Å². The third kappa shape index (κ3) is 5.52. The van der Waals surface area contributed by atoms with Crippen LogP contribution in [-0.4, -0.2) is 20.3 Å². The molecule has 0 aromatic heterocycles. The Morgan fingerprint density at radius 2 is 1.83 bits per heavy atom. The lowest BCUT2D eigenvalue weighted by molar-refractivity contribution is 0.115. The van der Waals surface area contributed by atoms with Crippen molar-refractivity contribution in [3.8, 4) is 5.75 Å². The van der Waals surface area contributed by atoms with Gasteiger partial charge in [-0.2, -0.15) is 0 Å². The third-order valence-corrected chi connectivity index (χ3v) is 2.91. The van der Waals surface area contributed by atoms with Gasteiger partial charge in [-0.15, -0.1) is 0 Å². The zero-order valence-electron chi connectivity index (χ0n) is 11.7. The summed E-state index contributed by atoms with van der Waals surface area (Å²) in [4.78, 5) is 0. The SMILES string of the molecule is COc1ccc(C(N)COCCCC(C)C)cc1. The Hall–Kier alpha value is -1.06. The average Bonchev–Trinajstić information content (AvgIpc) is 2.38. The van der Waals surface area contributed by atoms with Crippen molar-refractivity contribution in [1.82, 2.24) is 0 Å². The number of methoxy groups -OCH3 is 1. The number of nitrogens with two attached hydrogens (primary N) is 1. The van der Waals surface area contributed by atoms with Crippen LogP contribution in [0.25, 0.3) is 0 Å². The summed E-state index contributed by atoms with van der Waals surface area (Å²) in [6.07, 6.45) is 2.31. The molecule has 0 aliphatic rings. The quantitative estimate of drug-likeness (QED) is 0.722. The predicted octanol–water partition coefficient (Wildman–Crippen LogP) is 3.15. The van der Waals surface area contributed by atoms with E-state index in [0.29, 0.717) is 6.61 Å². The molecule has 0 fully saturated rings. The van der Waals surface area contributed by atoms with Crippen LogP contribution < -0.4 is 10.5 Å². The van der Waals surface area contributed by atoms with E-state index in [-0.39, 0.29) is 6.04 Å². The second kappa shape index (κ2) is 8.11. The van der Waals surface area contributed by atoms with Gasteiger partial charge in [0.1, 0.15) is 5.75 Å². The van der Waals surface area contributed by atoms with Gasteiger partial charge in [-0.1, -0.05) is 26.0 Å². The molecule has 3 heteroatoms. The Morgan fingerprint density at radius 1 is 1.17 bits per heavy atom. The van der Waals surface area contributed by atoms with Crippen molar-refractivity contribution in [2.24, 2.45) is 11.7 Å². The van der Waals surface area contributed by atoms with E-state index < -0.39 is 0 Å². The highest BCUT2D eigenvalue weighted by Gasteiger charge is 2.06. The van der Waals surface area contributed by atoms with E-state index in [0.717, 1.165) is 30.3 Å². The lowest BCUT2D eigenvalue weighted by Gasteiger charge is -2.13. The first-order valence-corrected chi connectivity index (χ1v) is 6.60. The summed E-state index contributed by atoms with van der Waals surface area (Å²) >= 11 is 0. The minimum Gasteiger partial charge on any atom is -0.497 e. The summed E-state index contributed by atoms with van der Waals surface area (Å²) in [5.41, 5.74) is 7.15. The maximum Gasteiger partial charge on any atom is 0.118 e. The largest absolute Gasteiger partial charge is 0.497 e. The highest BCUT2D eigenvalue weighted by molar-refractivity contribution is 5.28. The number of hydrogen-bond acceptors (Lipinski definition) is 3. The number of rotatable bonds is 8. The summed E-state index contributed by atoms with van der Waals surface area (Å²) in [5, 5.41) is 0. The van der Waals surface area contributed by atoms with Crippen LogP contribution in [0.3, 0.4) is 0 Å². The number of hydrogen-bond donors (Lipinski definition) is 1. The van der Waals surface area contributed by atoms with Crippen molar-refractivity contribution in [2.75, 3.05) is 20.3 Å². The molecule has 0 radical (unpaired) electrons. The van der Waals surface area contributed by atoms with Gasteiger partial charge >= 0.3 is 0 Å². The molecule has 1 aromatic carbocycles. The number of benzene rings is 1. The van der Waals surface area contributed by atoms with Crippen LogP contribution in [0.5, 0.6) is 5.75 Å². The van der Waals surface area contributed by atoms with E-state index >= 15 is 0 Å². The topological polar surface area (TPSA) is 44.5 Å². The molecule has 18 heavy (non-hydrogen) atoms. The van der Waals surface area contributed by atoms with E-state index in [9.17, 15) is 0 Å². The van der Waals surface area contributed by atoms with Crippen LogP contribution >= 0.6 is 0 Å². The molecule has 1 atom stereocenters. The van der Waals surface area contributed by atoms with E-state index in [2.05, 4.69) is 13.8 Å². The zero-order chi connectivity index (χ0) is 13.4. The monoisotopic (exact) mass is 251 g/mol. The van der Waals surface area contributed by atoms with Gasteiger partial charge in [0.25, 0.3) is 0 Å². The van der Waals surface area contributed by atoms with Crippen LogP contribution in [0.15, 0.2) is 24.3 Å². The molecule has 2 N–H and O–H groups in total. The van der Waals surface area contributed by atoms with Gasteiger partial charge in [0.2, 0.25) is 0 Å². The van der Waals surface area contributed by atoms with Gasteiger partial charge in [0, 0.05) is 6.61 Å². The van der Waals surface area contributed by atoms with Gasteiger partial charge in [-0.05, 0) is 36.5 Å². The molecule has 3 nitrogen and oxygen atoms in total. The average molecular weight is 251 g/mol. The Kier molecular flexibility index (Phi) is 6.76. The lowest BCUT2D eigenvalue weighted by Crippen LogP contribution is -2.17. The standard InChI is InChI=1S/C15H25NO2/c1-12(2)5-4-10-18-11-15(16)13-6-8-14(17-3)9-7-13/h6-9,12,15H,4-5,10-11,16H2,1-3H3. The maximum absolute atomic E-state index is 6.06. The van der Waals surface area contributed by atoms with Crippen LogP contribution in [0.1, 0.15) is 38.3 Å². The Morgan fingerprint density at radius 3 is 2.39 bits per heavy atom. The van der Waals surface area contributed by atoms with E-state index in [1.807, 2.05) is 24.3 Å². The highest BCUT2D eigenvalue weighted by Crippen LogP contribution is 2.16. The fraction of sp³-hybridized carbons (Fsp3) is 0.600. The van der Waals surface area contributed by atoms with E-state index in [4.69, 9.17) is 15.2 Å². The molecule has 0 amide bonds. The Balaban J connectivity index is 2.25. The second-order valence-corrected chi connectivity index (χ2v) is 4.99. The molecule has 1 unspecified atom stereocenters. The molecule has 102 valence electrons. The first kappa shape index (κ1) is 15.0. The molecule has 1 aromatic rings. The molecule has 0 saturated carbocycles. The van der Waals surface area contributed by atoms with Crippen molar-refractivity contribution in [1.29, 1.82) is 0 Å². The summed E-state index contributed by atoms with van der Waals surface area (Å²) in [6.45, 7) is 5.82. The van der Waals surface area contributed by atoms with Gasteiger partial charge in [0.15, 0.2) is 0 Å². The molecule has 0 aliphatic carbocycles. The minimum absolute atomic E-state index is 0.0602. The van der Waals surface area contributed by atoms with E-state index in [1.54, 1.807) is 7.11 Å². The van der Waals surface area contributed by atoms with Crippen molar-refractivity contribution < 1.29 is 9.47 Å². The van der Waals surface area contributed by atoms with Crippen LogP contribution in [0.4, 0.5) is 0 Å². The molecule has 0 spiro atoms. The van der Waals surface area contributed by atoms with Crippen molar-refractivity contribution in [3.05, 3.63) is 29.8 Å². The molecule has 0 aliphatic heterocycles. The van der Waals surface area contributed by atoms with Gasteiger partial charge in [-0.25, -0.2) is 0 Å². The summed E-state index contributed by atoms with van der Waals surface area (Å²) in [5.74, 6) is 1.59. The van der Waals surface area contributed by atoms with Crippen LogP contribution in [0, 0.1) is 5.92 Å². The smallest absolute Gasteiger partial charge is 0.118 e. The van der Waals surface area contributed by atoms with Crippen molar-refractivity contribution >= 4 is 0 Å².